The molecule has 0 aromatic heterocycles. The average Bonchev–Trinajstić information content (AvgIpc) is 2.64. The molecule has 0 saturated heterocycles. The standard InChI is InChI=1S/C23H26F4N2O2/c1-7-8-17-19(21(30)31-12-22(3,4)5)18(20(28-6)13(2)29-17)15-10-9-14(24)11-16(15)23(25,26)27/h9-11,18,20H,7-8,12H2,1-5H3. The third-order valence-corrected chi connectivity index (χ3v) is 4.81. The summed E-state index contributed by atoms with van der Waals surface area (Å²) in [5.74, 6) is -3.11. The van der Waals surface area contributed by atoms with Gasteiger partial charge in [0.1, 0.15) is 5.82 Å². The van der Waals surface area contributed by atoms with Crippen LogP contribution in [-0.4, -0.2) is 24.3 Å². The lowest BCUT2D eigenvalue weighted by molar-refractivity contribution is -0.143. The molecule has 4 nitrogen and oxygen atoms in total. The first-order valence-corrected chi connectivity index (χ1v) is 9.98. The highest BCUT2D eigenvalue weighted by atomic mass is 19.4. The Labute approximate surface area is 179 Å². The summed E-state index contributed by atoms with van der Waals surface area (Å²) in [6, 6.07) is 1.17. The van der Waals surface area contributed by atoms with Gasteiger partial charge in [-0.25, -0.2) is 15.8 Å². The van der Waals surface area contributed by atoms with Crippen LogP contribution in [0.25, 0.3) is 4.85 Å². The average molecular weight is 438 g/mol. The number of benzene rings is 1. The van der Waals surface area contributed by atoms with Gasteiger partial charge >= 0.3 is 12.1 Å². The molecule has 2 atom stereocenters. The van der Waals surface area contributed by atoms with Crippen molar-refractivity contribution in [2.24, 2.45) is 10.4 Å². The second-order valence-corrected chi connectivity index (χ2v) is 8.78. The minimum atomic E-state index is -4.86. The zero-order chi connectivity index (χ0) is 23.6. The zero-order valence-electron chi connectivity index (χ0n) is 18.2. The molecule has 8 heteroatoms. The molecular formula is C23H26F4N2O2. The number of nitrogens with zero attached hydrogens (tertiary/aromatic N) is 2. The molecule has 0 amide bonds. The summed E-state index contributed by atoms with van der Waals surface area (Å²) in [5, 5.41) is 0. The molecule has 0 N–H and O–H groups in total. The number of hydrogen-bond acceptors (Lipinski definition) is 3. The van der Waals surface area contributed by atoms with Crippen LogP contribution in [0.3, 0.4) is 0 Å². The first kappa shape index (κ1) is 24.6. The smallest absolute Gasteiger partial charge is 0.416 e. The number of carbonyl (C=O) groups is 1. The zero-order valence-corrected chi connectivity index (χ0v) is 18.2. The Bertz CT molecular complexity index is 950. The van der Waals surface area contributed by atoms with Gasteiger partial charge in [0.15, 0.2) is 0 Å². The molecule has 2 unspecified atom stereocenters. The van der Waals surface area contributed by atoms with Crippen molar-refractivity contribution in [2.75, 3.05) is 6.61 Å². The monoisotopic (exact) mass is 438 g/mol. The van der Waals surface area contributed by atoms with Crippen LogP contribution in [0.15, 0.2) is 34.5 Å². The molecule has 168 valence electrons. The topological polar surface area (TPSA) is 43.0 Å². The van der Waals surface area contributed by atoms with Gasteiger partial charge in [-0.3, -0.25) is 4.99 Å². The van der Waals surface area contributed by atoms with Gasteiger partial charge < -0.3 is 9.58 Å². The Kier molecular flexibility index (Phi) is 7.30. The van der Waals surface area contributed by atoms with Crippen molar-refractivity contribution in [3.8, 4) is 0 Å². The van der Waals surface area contributed by atoms with Crippen molar-refractivity contribution < 1.29 is 27.1 Å². The van der Waals surface area contributed by atoms with Gasteiger partial charge in [0.05, 0.1) is 35.1 Å². The van der Waals surface area contributed by atoms with Crippen LogP contribution >= 0.6 is 0 Å². The number of aliphatic imine (C=N–C) groups is 1. The van der Waals surface area contributed by atoms with E-state index in [-0.39, 0.29) is 23.2 Å². The largest absolute Gasteiger partial charge is 0.462 e. The van der Waals surface area contributed by atoms with Crippen molar-refractivity contribution in [2.45, 2.75) is 65.6 Å². The van der Waals surface area contributed by atoms with E-state index in [1.165, 1.54) is 0 Å². The number of ether oxygens (including phenoxy) is 1. The molecule has 1 aromatic rings. The Morgan fingerprint density at radius 2 is 1.90 bits per heavy atom. The molecule has 0 radical (unpaired) electrons. The fourth-order valence-electron chi connectivity index (χ4n) is 3.49. The number of hydrogen-bond donors (Lipinski definition) is 0. The second-order valence-electron chi connectivity index (χ2n) is 8.78. The number of carbonyl (C=O) groups excluding carboxylic acids is 1. The lowest BCUT2D eigenvalue weighted by atomic mass is 9.77. The number of allylic oxidation sites excluding steroid dienone is 1. The van der Waals surface area contributed by atoms with Crippen LogP contribution in [0.2, 0.25) is 0 Å². The van der Waals surface area contributed by atoms with Gasteiger partial charge in [-0.15, -0.1) is 0 Å². The van der Waals surface area contributed by atoms with Crippen molar-refractivity contribution in [3.63, 3.8) is 0 Å². The summed E-state index contributed by atoms with van der Waals surface area (Å²) in [4.78, 5) is 21.0. The molecular weight excluding hydrogens is 412 g/mol. The minimum absolute atomic E-state index is 0.0440. The summed E-state index contributed by atoms with van der Waals surface area (Å²) in [6.45, 7) is 16.6. The maximum absolute atomic E-state index is 13.8. The van der Waals surface area contributed by atoms with Gasteiger partial charge in [0.2, 0.25) is 0 Å². The Morgan fingerprint density at radius 1 is 1.26 bits per heavy atom. The molecule has 0 spiro atoms. The predicted octanol–water partition coefficient (Wildman–Crippen LogP) is 6.33. The van der Waals surface area contributed by atoms with E-state index in [2.05, 4.69) is 9.84 Å². The highest BCUT2D eigenvalue weighted by Gasteiger charge is 2.47. The van der Waals surface area contributed by atoms with Crippen LogP contribution in [0.4, 0.5) is 17.6 Å². The van der Waals surface area contributed by atoms with E-state index in [4.69, 9.17) is 11.3 Å². The van der Waals surface area contributed by atoms with Crippen LogP contribution in [0.1, 0.15) is 64.5 Å². The molecule has 1 heterocycles. The fourth-order valence-corrected chi connectivity index (χ4v) is 3.49. The van der Waals surface area contributed by atoms with E-state index in [0.717, 1.165) is 12.1 Å². The van der Waals surface area contributed by atoms with E-state index >= 15 is 0 Å². The molecule has 0 fully saturated rings. The van der Waals surface area contributed by atoms with Gasteiger partial charge in [0, 0.05) is 0 Å². The van der Waals surface area contributed by atoms with Gasteiger partial charge in [-0.2, -0.15) is 13.2 Å². The molecule has 1 aliphatic rings. The van der Waals surface area contributed by atoms with Gasteiger partial charge in [-0.1, -0.05) is 40.2 Å². The third-order valence-electron chi connectivity index (χ3n) is 4.81. The first-order chi connectivity index (χ1) is 14.3. The minimum Gasteiger partial charge on any atom is -0.462 e. The van der Waals surface area contributed by atoms with Crippen molar-refractivity contribution in [3.05, 3.63) is 57.8 Å². The van der Waals surface area contributed by atoms with E-state index < -0.39 is 35.5 Å². The number of alkyl halides is 3. The van der Waals surface area contributed by atoms with Crippen molar-refractivity contribution in [1.29, 1.82) is 0 Å². The van der Waals surface area contributed by atoms with E-state index in [9.17, 15) is 22.4 Å². The predicted molar refractivity (Wildman–Crippen MR) is 110 cm³/mol. The van der Waals surface area contributed by atoms with Gasteiger partial charge in [0.25, 0.3) is 6.04 Å². The van der Waals surface area contributed by atoms with E-state index in [1.807, 2.05) is 27.7 Å². The Hall–Kier alpha value is -2.69. The molecule has 31 heavy (non-hydrogen) atoms. The third kappa shape index (κ3) is 5.72. The summed E-state index contributed by atoms with van der Waals surface area (Å²) >= 11 is 0. The lowest BCUT2D eigenvalue weighted by Crippen LogP contribution is -2.34. The van der Waals surface area contributed by atoms with Crippen LogP contribution in [-0.2, 0) is 15.7 Å². The second kappa shape index (κ2) is 9.21. The molecule has 0 saturated carbocycles. The maximum Gasteiger partial charge on any atom is 0.416 e. The molecule has 1 aromatic carbocycles. The summed E-state index contributed by atoms with van der Waals surface area (Å²) in [7, 11) is 0. The Morgan fingerprint density at radius 3 is 2.42 bits per heavy atom. The first-order valence-electron chi connectivity index (χ1n) is 9.98. The lowest BCUT2D eigenvalue weighted by Gasteiger charge is -2.29. The Balaban J connectivity index is 2.75. The van der Waals surface area contributed by atoms with Crippen molar-refractivity contribution >= 4 is 11.7 Å². The molecule has 0 aliphatic carbocycles. The van der Waals surface area contributed by atoms with Crippen LogP contribution in [0, 0.1) is 17.8 Å². The highest BCUT2D eigenvalue weighted by Crippen LogP contribution is 2.44. The van der Waals surface area contributed by atoms with Crippen LogP contribution < -0.4 is 0 Å². The highest BCUT2D eigenvalue weighted by molar-refractivity contribution is 6.00. The quantitative estimate of drug-likeness (QED) is 0.306. The molecule has 2 rings (SSSR count). The normalized spacial score (nSPS) is 19.7. The molecule has 0 bridgehead atoms. The fraction of sp³-hybridized carbons (Fsp3) is 0.522. The summed E-state index contributed by atoms with van der Waals surface area (Å²) < 4.78 is 60.5. The van der Waals surface area contributed by atoms with E-state index in [1.54, 1.807) is 6.92 Å². The summed E-state index contributed by atoms with van der Waals surface area (Å²) in [5.41, 5.74) is -1.35. The SMILES string of the molecule is [C-]#[N+]C1C(C)=NC(CCC)=C(C(=O)OCC(C)(C)C)C1c1ccc(F)cc1C(F)(F)F. The van der Waals surface area contributed by atoms with Gasteiger partial charge in [-0.05, 0) is 36.5 Å². The number of halogens is 4. The maximum atomic E-state index is 13.8. The summed E-state index contributed by atoms with van der Waals surface area (Å²) in [6.07, 6.45) is -3.94. The number of rotatable bonds is 5. The number of esters is 1. The van der Waals surface area contributed by atoms with Crippen LogP contribution in [0.5, 0.6) is 0 Å². The molecule has 1 aliphatic heterocycles. The van der Waals surface area contributed by atoms with Crippen molar-refractivity contribution in [1.82, 2.24) is 0 Å². The van der Waals surface area contributed by atoms with E-state index in [0.29, 0.717) is 30.3 Å².